The number of carbonyl (C=O) groups is 2. The van der Waals surface area contributed by atoms with Crippen molar-refractivity contribution in [1.29, 1.82) is 0 Å². The van der Waals surface area contributed by atoms with Crippen molar-refractivity contribution >= 4 is 11.9 Å². The maximum Gasteiger partial charge on any atom is 0.305 e. The first-order valence-electron chi connectivity index (χ1n) is 44.8. The van der Waals surface area contributed by atoms with Gasteiger partial charge in [-0.25, -0.2) is 0 Å². The SMILES string of the molecule is CCCCCCCCCCCCCCCCCCCCCCCCC(O)C(CO)NC(=O)CCCCCCCCCCCCCCCCCCCCCCCCCCCCCCCCCCCCCCCCCOC(=O)CCCCCCCCCCCCCCCCCCC. The van der Waals surface area contributed by atoms with Crippen LogP contribution in [-0.2, 0) is 14.3 Å². The quantitative estimate of drug-likeness (QED) is 0.0417. The van der Waals surface area contributed by atoms with E-state index in [1.165, 1.54) is 462 Å². The number of rotatable bonds is 86. The van der Waals surface area contributed by atoms with E-state index in [4.69, 9.17) is 4.74 Å². The van der Waals surface area contributed by atoms with Crippen LogP contribution < -0.4 is 5.32 Å². The van der Waals surface area contributed by atoms with Crippen molar-refractivity contribution in [2.75, 3.05) is 13.2 Å². The molecule has 0 saturated heterocycles. The van der Waals surface area contributed by atoms with Crippen LogP contribution in [0.25, 0.3) is 0 Å². The molecule has 0 radical (unpaired) electrons. The predicted molar refractivity (Wildman–Crippen MR) is 421 cm³/mol. The molecule has 568 valence electrons. The van der Waals surface area contributed by atoms with Crippen LogP contribution in [-0.4, -0.2) is 47.4 Å². The second-order valence-corrected chi connectivity index (χ2v) is 31.3. The second kappa shape index (κ2) is 85.3. The Balaban J connectivity index is 3.28. The van der Waals surface area contributed by atoms with Gasteiger partial charge >= 0.3 is 5.97 Å². The van der Waals surface area contributed by atoms with Crippen LogP contribution >= 0.6 is 0 Å². The first-order valence-corrected chi connectivity index (χ1v) is 44.8. The Labute approximate surface area is 597 Å². The molecule has 6 nitrogen and oxygen atoms in total. The summed E-state index contributed by atoms with van der Waals surface area (Å²) in [6.45, 7) is 5.03. The highest BCUT2D eigenvalue weighted by Gasteiger charge is 2.20. The fourth-order valence-electron chi connectivity index (χ4n) is 14.9. The van der Waals surface area contributed by atoms with Gasteiger partial charge in [0.1, 0.15) is 0 Å². The van der Waals surface area contributed by atoms with Crippen LogP contribution in [0, 0.1) is 0 Å². The summed E-state index contributed by atoms with van der Waals surface area (Å²) in [5, 5.41) is 23.5. The van der Waals surface area contributed by atoms with Gasteiger partial charge in [-0.2, -0.15) is 0 Å². The maximum atomic E-state index is 12.6. The van der Waals surface area contributed by atoms with E-state index in [0.717, 1.165) is 38.5 Å². The van der Waals surface area contributed by atoms with Gasteiger partial charge in [-0.15, -0.1) is 0 Å². The zero-order chi connectivity index (χ0) is 68.4. The Hall–Kier alpha value is -1.14. The van der Waals surface area contributed by atoms with E-state index in [2.05, 4.69) is 19.2 Å². The molecule has 1 amide bonds. The molecule has 6 heteroatoms. The molecular weight excluding hydrogens is 1160 g/mol. The van der Waals surface area contributed by atoms with E-state index in [9.17, 15) is 19.8 Å². The molecule has 0 rings (SSSR count). The number of hydrogen-bond acceptors (Lipinski definition) is 5. The number of ether oxygens (including phenoxy) is 1. The lowest BCUT2D eigenvalue weighted by atomic mass is 10.0. The van der Waals surface area contributed by atoms with E-state index < -0.39 is 12.1 Å². The topological polar surface area (TPSA) is 95.9 Å². The number of esters is 1. The Bertz CT molecular complexity index is 1410. The minimum absolute atomic E-state index is 0.0220. The Morgan fingerprint density at radius 2 is 0.432 bits per heavy atom. The van der Waals surface area contributed by atoms with Crippen LogP contribution in [0.4, 0.5) is 0 Å². The highest BCUT2D eigenvalue weighted by molar-refractivity contribution is 5.76. The Morgan fingerprint density at radius 1 is 0.253 bits per heavy atom. The number of carbonyl (C=O) groups excluding carboxylic acids is 2. The lowest BCUT2D eigenvalue weighted by molar-refractivity contribution is -0.143. The van der Waals surface area contributed by atoms with Gasteiger partial charge in [-0.05, 0) is 25.7 Å². The first kappa shape index (κ1) is 93.9. The summed E-state index contributed by atoms with van der Waals surface area (Å²) >= 11 is 0. The largest absolute Gasteiger partial charge is 0.466 e. The van der Waals surface area contributed by atoms with Crippen molar-refractivity contribution < 1.29 is 24.5 Å². The van der Waals surface area contributed by atoms with Crippen LogP contribution in [0.2, 0.25) is 0 Å². The Kier molecular flexibility index (Phi) is 84.2. The molecular formula is C89H177NO5. The molecule has 0 aliphatic heterocycles. The van der Waals surface area contributed by atoms with E-state index in [1.54, 1.807) is 0 Å². The summed E-state index contributed by atoms with van der Waals surface area (Å²) < 4.78 is 5.52. The molecule has 0 bridgehead atoms. The molecule has 3 N–H and O–H groups in total. The van der Waals surface area contributed by atoms with Crippen LogP contribution in [0.15, 0.2) is 0 Å². The number of amides is 1. The number of aliphatic hydroxyl groups is 2. The molecule has 95 heavy (non-hydrogen) atoms. The van der Waals surface area contributed by atoms with Gasteiger partial charge in [0.2, 0.25) is 5.91 Å². The molecule has 2 atom stereocenters. The molecule has 0 saturated carbocycles. The Morgan fingerprint density at radius 3 is 0.642 bits per heavy atom. The van der Waals surface area contributed by atoms with E-state index in [-0.39, 0.29) is 18.5 Å². The van der Waals surface area contributed by atoms with Gasteiger partial charge in [0.25, 0.3) is 0 Å². The molecule has 2 unspecified atom stereocenters. The fraction of sp³-hybridized carbons (Fsp3) is 0.978. The summed E-state index contributed by atoms with van der Waals surface area (Å²) in [5.74, 6) is 0.00772. The highest BCUT2D eigenvalue weighted by atomic mass is 16.5. The van der Waals surface area contributed by atoms with Gasteiger partial charge < -0.3 is 20.3 Å². The first-order chi connectivity index (χ1) is 47.0. The average molecular weight is 1340 g/mol. The average Bonchev–Trinajstić information content (AvgIpc) is 2.82. The van der Waals surface area contributed by atoms with Crippen molar-refractivity contribution in [1.82, 2.24) is 5.32 Å². The summed E-state index contributed by atoms with van der Waals surface area (Å²) in [5.41, 5.74) is 0. The van der Waals surface area contributed by atoms with Crippen LogP contribution in [0.3, 0.4) is 0 Å². The van der Waals surface area contributed by atoms with Crippen LogP contribution in [0.1, 0.15) is 534 Å². The molecule has 0 aliphatic carbocycles. The summed E-state index contributed by atoms with van der Waals surface area (Å²) in [6, 6.07) is -0.537. The summed E-state index contributed by atoms with van der Waals surface area (Å²) in [6.07, 6.45) is 108. The predicted octanol–water partition coefficient (Wildman–Crippen LogP) is 30.0. The summed E-state index contributed by atoms with van der Waals surface area (Å²) in [4.78, 5) is 24.7. The van der Waals surface area contributed by atoms with Crippen LogP contribution in [0.5, 0.6) is 0 Å². The number of nitrogens with one attached hydrogen (secondary N) is 1. The monoisotopic (exact) mass is 1340 g/mol. The van der Waals surface area contributed by atoms with Gasteiger partial charge in [0.15, 0.2) is 0 Å². The standard InChI is InChI=1S/C89H177NO5/c1-3-5-7-9-11-13-15-17-19-21-22-23-43-46-50-53-57-61-65-69-73-77-81-87(92)86(85-91)90-88(93)82-78-74-70-66-62-58-54-51-47-44-41-39-37-35-33-31-29-27-25-24-26-28-30-32-34-36-38-40-42-45-48-52-56-60-64-68-72-76-80-84-95-89(94)83-79-75-71-67-63-59-55-49-20-18-16-14-12-10-8-6-4-2/h86-87,91-92H,3-85H2,1-2H3,(H,90,93). The highest BCUT2D eigenvalue weighted by Crippen LogP contribution is 2.22. The smallest absolute Gasteiger partial charge is 0.305 e. The van der Waals surface area contributed by atoms with E-state index in [1.807, 2.05) is 0 Å². The molecule has 0 heterocycles. The molecule has 0 aromatic rings. The van der Waals surface area contributed by atoms with Crippen molar-refractivity contribution in [2.45, 2.75) is 546 Å². The fourth-order valence-corrected chi connectivity index (χ4v) is 14.9. The van der Waals surface area contributed by atoms with E-state index >= 15 is 0 Å². The molecule has 0 fully saturated rings. The van der Waals surface area contributed by atoms with Crippen molar-refractivity contribution in [3.05, 3.63) is 0 Å². The van der Waals surface area contributed by atoms with Crippen molar-refractivity contribution in [2.24, 2.45) is 0 Å². The number of aliphatic hydroxyl groups excluding tert-OH is 2. The minimum atomic E-state index is -0.660. The third-order valence-electron chi connectivity index (χ3n) is 21.7. The molecule has 0 aliphatic rings. The van der Waals surface area contributed by atoms with Gasteiger partial charge in [0.05, 0.1) is 25.4 Å². The number of hydrogen-bond donors (Lipinski definition) is 3. The third-order valence-corrected chi connectivity index (χ3v) is 21.7. The molecule has 0 aromatic carbocycles. The third kappa shape index (κ3) is 81.7. The molecule has 0 spiro atoms. The maximum absolute atomic E-state index is 12.6. The van der Waals surface area contributed by atoms with Gasteiger partial charge in [-0.1, -0.05) is 495 Å². The second-order valence-electron chi connectivity index (χ2n) is 31.3. The zero-order valence-corrected chi connectivity index (χ0v) is 65.5. The lowest BCUT2D eigenvalue weighted by Gasteiger charge is -2.22. The normalized spacial score (nSPS) is 12.3. The van der Waals surface area contributed by atoms with Gasteiger partial charge in [-0.3, -0.25) is 9.59 Å². The number of unbranched alkanes of at least 4 members (excludes halogenated alkanes) is 75. The van der Waals surface area contributed by atoms with Crippen molar-refractivity contribution in [3.8, 4) is 0 Å². The minimum Gasteiger partial charge on any atom is -0.466 e. The van der Waals surface area contributed by atoms with Gasteiger partial charge in [0, 0.05) is 12.8 Å². The zero-order valence-electron chi connectivity index (χ0n) is 65.5. The summed E-state index contributed by atoms with van der Waals surface area (Å²) in [7, 11) is 0. The lowest BCUT2D eigenvalue weighted by Crippen LogP contribution is -2.45. The molecule has 0 aromatic heterocycles. The van der Waals surface area contributed by atoms with E-state index in [0.29, 0.717) is 25.9 Å². The van der Waals surface area contributed by atoms with Crippen molar-refractivity contribution in [3.63, 3.8) is 0 Å².